The zero-order valence-electron chi connectivity index (χ0n) is 19.2. The number of nitrogens with one attached hydrogen (secondary N) is 1. The molecule has 1 spiro atoms. The van der Waals surface area contributed by atoms with Crippen molar-refractivity contribution in [1.29, 1.82) is 0 Å². The first-order valence-corrected chi connectivity index (χ1v) is 11.3. The Hall–Kier alpha value is -2.90. The van der Waals surface area contributed by atoms with Gasteiger partial charge in [-0.15, -0.1) is 0 Å². The van der Waals surface area contributed by atoms with E-state index in [0.717, 1.165) is 29.7 Å². The number of hydrogen-bond acceptors (Lipinski definition) is 5. The molecule has 0 bridgehead atoms. The average Bonchev–Trinajstić information content (AvgIpc) is 2.98. The third-order valence-corrected chi connectivity index (χ3v) is 6.14. The molecule has 1 heterocycles. The topological polar surface area (TPSA) is 96.0 Å². The summed E-state index contributed by atoms with van der Waals surface area (Å²) in [5.74, 6) is -1.17. The van der Waals surface area contributed by atoms with Gasteiger partial charge in [0.2, 0.25) is 0 Å². The average molecular weight is 444 g/mol. The lowest BCUT2D eigenvalue weighted by molar-refractivity contribution is -0.155. The summed E-state index contributed by atoms with van der Waals surface area (Å²) in [4.78, 5) is 52.9. The van der Waals surface area contributed by atoms with E-state index in [-0.39, 0.29) is 31.4 Å². The van der Waals surface area contributed by atoms with Gasteiger partial charge in [0.15, 0.2) is 6.61 Å². The molecule has 2 fully saturated rings. The van der Waals surface area contributed by atoms with Crippen molar-refractivity contribution in [3.8, 4) is 0 Å². The van der Waals surface area contributed by atoms with Crippen molar-refractivity contribution in [2.24, 2.45) is 0 Å². The maximum absolute atomic E-state index is 12.8. The molecule has 8 nitrogen and oxygen atoms in total. The van der Waals surface area contributed by atoms with Gasteiger partial charge in [0, 0.05) is 18.6 Å². The Bertz CT molecular complexity index is 856. The van der Waals surface area contributed by atoms with Crippen LogP contribution in [0.4, 0.5) is 4.79 Å². The van der Waals surface area contributed by atoms with Crippen LogP contribution in [-0.4, -0.2) is 57.8 Å². The number of imide groups is 1. The molecular formula is C24H33N3O5. The van der Waals surface area contributed by atoms with Gasteiger partial charge in [0.1, 0.15) is 5.54 Å². The fraction of sp³-hybridized carbons (Fsp3) is 0.583. The lowest BCUT2D eigenvalue weighted by Gasteiger charge is -2.35. The number of carbonyl (C=O) groups is 4. The summed E-state index contributed by atoms with van der Waals surface area (Å²) in [7, 11) is 0. The van der Waals surface area contributed by atoms with Crippen molar-refractivity contribution in [2.45, 2.75) is 76.9 Å². The molecule has 1 aliphatic carbocycles. The van der Waals surface area contributed by atoms with Crippen LogP contribution in [0, 0.1) is 0 Å². The first kappa shape index (κ1) is 23.8. The van der Waals surface area contributed by atoms with Crippen LogP contribution in [0.1, 0.15) is 64.9 Å². The highest BCUT2D eigenvalue weighted by Gasteiger charge is 2.51. The second kappa shape index (κ2) is 9.71. The predicted octanol–water partition coefficient (Wildman–Crippen LogP) is 3.00. The van der Waals surface area contributed by atoms with E-state index in [0.29, 0.717) is 19.4 Å². The van der Waals surface area contributed by atoms with E-state index >= 15 is 0 Å². The van der Waals surface area contributed by atoms with Crippen LogP contribution in [0.15, 0.2) is 30.3 Å². The molecule has 1 aliphatic heterocycles. The second-order valence-corrected chi connectivity index (χ2v) is 9.58. The molecule has 174 valence electrons. The number of ether oxygens (including phenoxy) is 1. The molecule has 0 unspecified atom stereocenters. The first-order chi connectivity index (χ1) is 15.1. The highest BCUT2D eigenvalue weighted by atomic mass is 16.5. The second-order valence-electron chi connectivity index (χ2n) is 9.58. The SMILES string of the molecule is CC(C)(C)N(Cc1ccccc1)C(=O)COC(=O)CCN1C(=O)NC2(CCCCC2)C1=O. The van der Waals surface area contributed by atoms with Crippen LogP contribution in [0.2, 0.25) is 0 Å². The van der Waals surface area contributed by atoms with Gasteiger partial charge in [0.05, 0.1) is 6.42 Å². The molecule has 0 atom stereocenters. The zero-order chi connectivity index (χ0) is 23.4. The van der Waals surface area contributed by atoms with Crippen LogP contribution in [0.25, 0.3) is 0 Å². The smallest absolute Gasteiger partial charge is 0.325 e. The molecule has 3 rings (SSSR count). The first-order valence-electron chi connectivity index (χ1n) is 11.3. The van der Waals surface area contributed by atoms with E-state index in [9.17, 15) is 19.2 Å². The van der Waals surface area contributed by atoms with E-state index in [2.05, 4.69) is 5.32 Å². The number of hydrogen-bond donors (Lipinski definition) is 1. The molecule has 32 heavy (non-hydrogen) atoms. The van der Waals surface area contributed by atoms with Crippen LogP contribution < -0.4 is 5.32 Å². The molecule has 0 aromatic heterocycles. The van der Waals surface area contributed by atoms with Crippen molar-refractivity contribution in [3.05, 3.63) is 35.9 Å². The highest BCUT2D eigenvalue weighted by molar-refractivity contribution is 6.07. The zero-order valence-corrected chi connectivity index (χ0v) is 19.2. The minimum atomic E-state index is -0.806. The van der Waals surface area contributed by atoms with E-state index < -0.39 is 23.1 Å². The van der Waals surface area contributed by atoms with E-state index in [1.165, 1.54) is 0 Å². The van der Waals surface area contributed by atoms with Crippen molar-refractivity contribution in [3.63, 3.8) is 0 Å². The van der Waals surface area contributed by atoms with Gasteiger partial charge in [-0.3, -0.25) is 19.3 Å². The van der Waals surface area contributed by atoms with Crippen LogP contribution in [0.5, 0.6) is 0 Å². The third kappa shape index (κ3) is 5.47. The number of nitrogens with zero attached hydrogens (tertiary/aromatic N) is 2. The van der Waals surface area contributed by atoms with E-state index in [1.807, 2.05) is 51.1 Å². The molecule has 1 saturated carbocycles. The van der Waals surface area contributed by atoms with Crippen LogP contribution in [0.3, 0.4) is 0 Å². The predicted molar refractivity (Wildman–Crippen MR) is 118 cm³/mol. The summed E-state index contributed by atoms with van der Waals surface area (Å²) < 4.78 is 5.19. The summed E-state index contributed by atoms with van der Waals surface area (Å²) in [6.07, 6.45) is 3.99. The normalized spacial score (nSPS) is 17.9. The quantitative estimate of drug-likeness (QED) is 0.516. The molecule has 1 N–H and O–H groups in total. The van der Waals surface area contributed by atoms with Crippen molar-refractivity contribution in [1.82, 2.24) is 15.1 Å². The fourth-order valence-corrected chi connectivity index (χ4v) is 4.33. The van der Waals surface area contributed by atoms with Crippen LogP contribution in [-0.2, 0) is 25.7 Å². The summed E-state index contributed by atoms with van der Waals surface area (Å²) in [5, 5.41) is 2.82. The molecule has 8 heteroatoms. The third-order valence-electron chi connectivity index (χ3n) is 6.14. The Balaban J connectivity index is 1.50. The molecule has 1 saturated heterocycles. The number of amides is 4. The Morgan fingerprint density at radius 1 is 1.09 bits per heavy atom. The number of rotatable bonds is 7. The minimum Gasteiger partial charge on any atom is -0.456 e. The molecular weight excluding hydrogens is 410 g/mol. The van der Waals surface area contributed by atoms with E-state index in [1.54, 1.807) is 4.90 Å². The largest absolute Gasteiger partial charge is 0.456 e. The van der Waals surface area contributed by atoms with Gasteiger partial charge in [-0.25, -0.2) is 4.79 Å². The van der Waals surface area contributed by atoms with Crippen LogP contribution >= 0.6 is 0 Å². The summed E-state index contributed by atoms with van der Waals surface area (Å²) in [6.45, 7) is 5.75. The van der Waals surface area contributed by atoms with Gasteiger partial charge >= 0.3 is 12.0 Å². The Morgan fingerprint density at radius 3 is 2.38 bits per heavy atom. The summed E-state index contributed by atoms with van der Waals surface area (Å²) in [5.41, 5.74) is -0.273. The minimum absolute atomic E-state index is 0.0492. The summed E-state index contributed by atoms with van der Waals surface area (Å²) >= 11 is 0. The summed E-state index contributed by atoms with van der Waals surface area (Å²) in [6, 6.07) is 9.16. The van der Waals surface area contributed by atoms with Crippen molar-refractivity contribution < 1.29 is 23.9 Å². The Kier molecular flexibility index (Phi) is 7.21. The standard InChI is InChI=1S/C24H33N3O5/c1-23(2,3)27(16-18-10-6-4-7-11-18)19(28)17-32-20(29)12-15-26-21(30)24(25-22(26)31)13-8-5-9-14-24/h4,6-7,10-11H,5,8-9,12-17H2,1-3H3,(H,25,31). The number of carbonyl (C=O) groups excluding carboxylic acids is 4. The fourth-order valence-electron chi connectivity index (χ4n) is 4.33. The van der Waals surface area contributed by atoms with Gasteiger partial charge in [-0.1, -0.05) is 49.6 Å². The van der Waals surface area contributed by atoms with Crippen molar-refractivity contribution >= 4 is 23.8 Å². The highest BCUT2D eigenvalue weighted by Crippen LogP contribution is 2.33. The van der Waals surface area contributed by atoms with Gasteiger partial charge < -0.3 is 15.0 Å². The number of benzene rings is 1. The Morgan fingerprint density at radius 2 is 1.75 bits per heavy atom. The maximum Gasteiger partial charge on any atom is 0.325 e. The Labute approximate surface area is 189 Å². The van der Waals surface area contributed by atoms with Gasteiger partial charge in [0.25, 0.3) is 11.8 Å². The number of urea groups is 1. The molecule has 0 radical (unpaired) electrons. The molecule has 1 aromatic carbocycles. The van der Waals surface area contributed by atoms with Crippen molar-refractivity contribution in [2.75, 3.05) is 13.2 Å². The molecule has 1 aromatic rings. The lowest BCUT2D eigenvalue weighted by Crippen LogP contribution is -2.48. The van der Waals surface area contributed by atoms with E-state index in [4.69, 9.17) is 4.74 Å². The monoisotopic (exact) mass is 443 g/mol. The maximum atomic E-state index is 12.8. The number of esters is 1. The van der Waals surface area contributed by atoms with Gasteiger partial charge in [-0.2, -0.15) is 0 Å². The molecule has 2 aliphatic rings. The lowest BCUT2D eigenvalue weighted by atomic mass is 9.82. The van der Waals surface area contributed by atoms with Gasteiger partial charge in [-0.05, 0) is 39.2 Å². The molecule has 4 amide bonds.